The van der Waals surface area contributed by atoms with Crippen LogP contribution in [0.2, 0.25) is 0 Å². The van der Waals surface area contributed by atoms with Crippen molar-refractivity contribution in [2.75, 3.05) is 0 Å². The van der Waals surface area contributed by atoms with Crippen molar-refractivity contribution < 1.29 is 9.18 Å². The van der Waals surface area contributed by atoms with Gasteiger partial charge in [-0.1, -0.05) is 12.1 Å². The monoisotopic (exact) mass is 405 g/mol. The Hall–Kier alpha value is -3.81. The number of amides is 1. The van der Waals surface area contributed by atoms with Crippen molar-refractivity contribution in [3.05, 3.63) is 99.1 Å². The SMILES string of the molecule is Cc1cc2nc(C[C@@H](NC(=O)c3ccncc3C)c3ccc(F)cc3)cc(=O)n2[nH]1. The Morgan fingerprint density at radius 3 is 2.70 bits per heavy atom. The fourth-order valence-electron chi connectivity index (χ4n) is 3.39. The van der Waals surface area contributed by atoms with Crippen LogP contribution in [0.3, 0.4) is 0 Å². The maximum atomic E-state index is 13.4. The van der Waals surface area contributed by atoms with Gasteiger partial charge < -0.3 is 5.32 Å². The Kier molecular flexibility index (Phi) is 5.14. The van der Waals surface area contributed by atoms with Crippen LogP contribution in [-0.4, -0.2) is 25.5 Å². The summed E-state index contributed by atoms with van der Waals surface area (Å²) >= 11 is 0. The lowest BCUT2D eigenvalue weighted by Gasteiger charge is -2.20. The number of nitrogens with one attached hydrogen (secondary N) is 2. The van der Waals surface area contributed by atoms with Crippen LogP contribution in [0.15, 0.2) is 59.7 Å². The molecule has 2 N–H and O–H groups in total. The largest absolute Gasteiger partial charge is 0.345 e. The number of H-pyrrole nitrogens is 1. The van der Waals surface area contributed by atoms with Crippen LogP contribution in [0, 0.1) is 19.7 Å². The highest BCUT2D eigenvalue weighted by Gasteiger charge is 2.19. The predicted octanol–water partition coefficient (Wildman–Crippen LogP) is 2.89. The first-order valence-electron chi connectivity index (χ1n) is 9.46. The van der Waals surface area contributed by atoms with Gasteiger partial charge in [-0.3, -0.25) is 19.7 Å². The molecule has 30 heavy (non-hydrogen) atoms. The van der Waals surface area contributed by atoms with Crippen LogP contribution in [-0.2, 0) is 6.42 Å². The first-order chi connectivity index (χ1) is 14.4. The third-order valence-electron chi connectivity index (χ3n) is 4.89. The average molecular weight is 405 g/mol. The molecule has 7 nitrogen and oxygen atoms in total. The second-order valence-corrected chi connectivity index (χ2v) is 7.19. The molecule has 152 valence electrons. The standard InChI is InChI=1S/C22H20FN5O2/c1-13-12-24-8-7-18(13)22(30)26-19(15-3-5-16(23)6-4-15)10-17-11-21(29)28-20(25-17)9-14(2)27-28/h3-9,11-12,19,27H,10H2,1-2H3,(H,26,30)/t19-/m1/s1. The van der Waals surface area contributed by atoms with Crippen molar-refractivity contribution in [1.82, 2.24) is 24.9 Å². The molecule has 1 atom stereocenters. The zero-order chi connectivity index (χ0) is 21.3. The minimum Gasteiger partial charge on any atom is -0.345 e. The number of rotatable bonds is 5. The molecule has 1 aromatic carbocycles. The summed E-state index contributed by atoms with van der Waals surface area (Å²) < 4.78 is 14.8. The summed E-state index contributed by atoms with van der Waals surface area (Å²) in [5, 5.41) is 5.91. The Balaban J connectivity index is 1.69. The Morgan fingerprint density at radius 2 is 1.97 bits per heavy atom. The van der Waals surface area contributed by atoms with Gasteiger partial charge >= 0.3 is 0 Å². The maximum absolute atomic E-state index is 13.4. The Bertz CT molecular complexity index is 1280. The normalized spacial score (nSPS) is 12.1. The highest BCUT2D eigenvalue weighted by molar-refractivity contribution is 5.95. The summed E-state index contributed by atoms with van der Waals surface area (Å²) in [5.41, 5.74) is 3.56. The molecule has 0 saturated heterocycles. The van der Waals surface area contributed by atoms with Gasteiger partial charge in [-0.2, -0.15) is 0 Å². The summed E-state index contributed by atoms with van der Waals surface area (Å²) in [7, 11) is 0. The number of aryl methyl sites for hydroxylation is 2. The van der Waals surface area contributed by atoms with Crippen LogP contribution < -0.4 is 10.9 Å². The van der Waals surface area contributed by atoms with E-state index in [1.165, 1.54) is 22.7 Å². The van der Waals surface area contributed by atoms with Gasteiger partial charge in [0.25, 0.3) is 11.5 Å². The van der Waals surface area contributed by atoms with E-state index in [2.05, 4.69) is 20.4 Å². The summed E-state index contributed by atoms with van der Waals surface area (Å²) in [6.07, 6.45) is 3.45. The molecule has 0 aliphatic heterocycles. The number of hydrogen-bond donors (Lipinski definition) is 2. The molecule has 4 rings (SSSR count). The zero-order valence-electron chi connectivity index (χ0n) is 16.5. The van der Waals surface area contributed by atoms with E-state index in [0.29, 0.717) is 22.5 Å². The molecule has 0 unspecified atom stereocenters. The molecule has 0 fully saturated rings. The summed E-state index contributed by atoms with van der Waals surface area (Å²) in [5.74, 6) is -0.645. The minimum absolute atomic E-state index is 0.239. The zero-order valence-corrected chi connectivity index (χ0v) is 16.5. The molecule has 1 amide bonds. The van der Waals surface area contributed by atoms with Crippen molar-refractivity contribution in [2.24, 2.45) is 0 Å². The van der Waals surface area contributed by atoms with Gasteiger partial charge in [0, 0.05) is 42.2 Å². The molecule has 0 aliphatic rings. The van der Waals surface area contributed by atoms with E-state index in [4.69, 9.17) is 0 Å². The van der Waals surface area contributed by atoms with Crippen molar-refractivity contribution in [3.8, 4) is 0 Å². The van der Waals surface area contributed by atoms with E-state index in [9.17, 15) is 14.0 Å². The lowest BCUT2D eigenvalue weighted by molar-refractivity contribution is 0.0935. The van der Waals surface area contributed by atoms with Gasteiger partial charge in [0.2, 0.25) is 0 Å². The maximum Gasteiger partial charge on any atom is 0.272 e. The molecule has 4 aromatic rings. The summed E-state index contributed by atoms with van der Waals surface area (Å²) in [4.78, 5) is 33.8. The number of benzene rings is 1. The molecule has 0 saturated carbocycles. The van der Waals surface area contributed by atoms with Crippen LogP contribution in [0.4, 0.5) is 4.39 Å². The van der Waals surface area contributed by atoms with E-state index in [1.807, 2.05) is 6.92 Å². The molecular formula is C22H20FN5O2. The van der Waals surface area contributed by atoms with Crippen molar-refractivity contribution in [3.63, 3.8) is 0 Å². The van der Waals surface area contributed by atoms with Gasteiger partial charge in [-0.15, -0.1) is 0 Å². The molecule has 0 radical (unpaired) electrons. The first-order valence-corrected chi connectivity index (χ1v) is 9.46. The van der Waals surface area contributed by atoms with Crippen molar-refractivity contribution in [2.45, 2.75) is 26.3 Å². The number of aromatic nitrogens is 4. The number of carbonyl (C=O) groups excluding carboxylic acids is 1. The quantitative estimate of drug-likeness (QED) is 0.534. The molecule has 3 heterocycles. The third-order valence-corrected chi connectivity index (χ3v) is 4.89. The van der Waals surface area contributed by atoms with E-state index in [0.717, 1.165) is 11.3 Å². The minimum atomic E-state index is -0.500. The summed E-state index contributed by atoms with van der Waals surface area (Å²) in [6, 6.07) is 10.3. The fraction of sp³-hybridized carbons (Fsp3) is 0.182. The molecule has 0 spiro atoms. The van der Waals surface area contributed by atoms with Gasteiger partial charge in [0.15, 0.2) is 5.65 Å². The van der Waals surface area contributed by atoms with Gasteiger partial charge in [-0.25, -0.2) is 13.9 Å². The summed E-state index contributed by atoms with van der Waals surface area (Å²) in [6.45, 7) is 3.64. The highest BCUT2D eigenvalue weighted by atomic mass is 19.1. The third kappa shape index (κ3) is 3.98. The Labute approximate surface area is 171 Å². The van der Waals surface area contributed by atoms with E-state index < -0.39 is 6.04 Å². The second-order valence-electron chi connectivity index (χ2n) is 7.19. The van der Waals surface area contributed by atoms with Crippen molar-refractivity contribution >= 4 is 11.6 Å². The average Bonchev–Trinajstić information content (AvgIpc) is 3.09. The van der Waals surface area contributed by atoms with Gasteiger partial charge in [0.05, 0.1) is 11.7 Å². The predicted molar refractivity (Wildman–Crippen MR) is 110 cm³/mol. The lowest BCUT2D eigenvalue weighted by atomic mass is 10.0. The van der Waals surface area contributed by atoms with Gasteiger partial charge in [0.1, 0.15) is 5.82 Å². The lowest BCUT2D eigenvalue weighted by Crippen LogP contribution is -2.31. The molecule has 8 heteroatoms. The number of aromatic amines is 1. The van der Waals surface area contributed by atoms with Crippen LogP contribution in [0.5, 0.6) is 0 Å². The molecular weight excluding hydrogens is 385 g/mol. The molecule has 3 aromatic heterocycles. The topological polar surface area (TPSA) is 92.2 Å². The van der Waals surface area contributed by atoms with E-state index in [1.54, 1.807) is 43.6 Å². The number of nitrogens with zero attached hydrogens (tertiary/aromatic N) is 3. The highest BCUT2D eigenvalue weighted by Crippen LogP contribution is 2.20. The number of carbonyl (C=O) groups is 1. The van der Waals surface area contributed by atoms with Crippen LogP contribution in [0.1, 0.15) is 38.9 Å². The smallest absolute Gasteiger partial charge is 0.272 e. The second kappa shape index (κ2) is 7.90. The number of halogens is 1. The number of pyridine rings is 1. The van der Waals surface area contributed by atoms with E-state index >= 15 is 0 Å². The fourth-order valence-corrected chi connectivity index (χ4v) is 3.39. The number of hydrogen-bond acceptors (Lipinski definition) is 4. The molecule has 0 aliphatic carbocycles. The van der Waals surface area contributed by atoms with Crippen LogP contribution >= 0.6 is 0 Å². The molecule has 0 bridgehead atoms. The Morgan fingerprint density at radius 1 is 1.20 bits per heavy atom. The first kappa shape index (κ1) is 19.5. The van der Waals surface area contributed by atoms with Crippen molar-refractivity contribution in [1.29, 1.82) is 0 Å². The van der Waals surface area contributed by atoms with E-state index in [-0.39, 0.29) is 23.7 Å². The van der Waals surface area contributed by atoms with Gasteiger partial charge in [-0.05, 0) is 43.2 Å². The van der Waals surface area contributed by atoms with Crippen LogP contribution in [0.25, 0.3) is 5.65 Å². The number of fused-ring (bicyclic) bond motifs is 1.